The Morgan fingerprint density at radius 2 is 2.24 bits per heavy atom. The summed E-state index contributed by atoms with van der Waals surface area (Å²) in [7, 11) is 0. The van der Waals surface area contributed by atoms with E-state index in [2.05, 4.69) is 15.2 Å². The van der Waals surface area contributed by atoms with Gasteiger partial charge in [-0.15, -0.1) is 0 Å². The average molecular weight is 237 g/mol. The maximum absolute atomic E-state index is 11.5. The molecule has 1 fully saturated rings. The van der Waals surface area contributed by atoms with Crippen molar-refractivity contribution in [1.29, 1.82) is 0 Å². The number of rotatable bonds is 5. The maximum atomic E-state index is 11.5. The number of piperazine rings is 1. The molecule has 0 unspecified atom stereocenters. The average Bonchev–Trinajstić information content (AvgIpc) is 2.83. The number of aromatic nitrogens is 1. The summed E-state index contributed by atoms with van der Waals surface area (Å²) in [5.74, 6) is -0.126. The Kier molecular flexibility index (Phi) is 4.58. The molecule has 0 atom stereocenters. The molecule has 1 aromatic heterocycles. The normalized spacial score (nSPS) is 16.9. The molecule has 1 aliphatic heterocycles. The molecule has 94 valence electrons. The Morgan fingerprint density at radius 1 is 1.41 bits per heavy atom. The minimum absolute atomic E-state index is 0.126. The Labute approximate surface area is 101 Å². The van der Waals surface area contributed by atoms with E-state index in [4.69, 9.17) is 4.74 Å². The number of H-pyrrole nitrogens is 1. The lowest BCUT2D eigenvalue weighted by molar-refractivity contribution is -0.145. The predicted octanol–water partition coefficient (Wildman–Crippen LogP) is 0.00560. The lowest BCUT2D eigenvalue weighted by Crippen LogP contribution is -2.45. The summed E-state index contributed by atoms with van der Waals surface area (Å²) in [5, 5.41) is 3.25. The van der Waals surface area contributed by atoms with Crippen LogP contribution < -0.4 is 5.32 Å². The van der Waals surface area contributed by atoms with Gasteiger partial charge in [-0.1, -0.05) is 0 Å². The van der Waals surface area contributed by atoms with Crippen LogP contribution in [0, 0.1) is 0 Å². The van der Waals surface area contributed by atoms with Crippen molar-refractivity contribution in [3.8, 4) is 0 Å². The Bertz CT molecular complexity index is 332. The van der Waals surface area contributed by atoms with Crippen molar-refractivity contribution in [2.75, 3.05) is 39.3 Å². The first-order valence-electron chi connectivity index (χ1n) is 6.05. The molecule has 0 aromatic carbocycles. The van der Waals surface area contributed by atoms with Crippen molar-refractivity contribution in [3.05, 3.63) is 24.0 Å². The van der Waals surface area contributed by atoms with Crippen LogP contribution in [0.2, 0.25) is 0 Å². The highest BCUT2D eigenvalue weighted by molar-refractivity contribution is 5.71. The highest BCUT2D eigenvalue weighted by atomic mass is 16.5. The zero-order chi connectivity index (χ0) is 11.9. The summed E-state index contributed by atoms with van der Waals surface area (Å²) in [5.41, 5.74) is 1.10. The van der Waals surface area contributed by atoms with Crippen LogP contribution in [-0.4, -0.2) is 55.2 Å². The lowest BCUT2D eigenvalue weighted by atomic mass is 10.3. The van der Waals surface area contributed by atoms with Gasteiger partial charge in [0.1, 0.15) is 0 Å². The lowest BCUT2D eigenvalue weighted by Gasteiger charge is -2.25. The highest BCUT2D eigenvalue weighted by Gasteiger charge is 2.14. The maximum Gasteiger partial charge on any atom is 0.320 e. The van der Waals surface area contributed by atoms with Crippen LogP contribution >= 0.6 is 0 Å². The number of hydrogen-bond donors (Lipinski definition) is 2. The largest absolute Gasteiger partial charge is 0.464 e. The molecule has 5 heteroatoms. The summed E-state index contributed by atoms with van der Waals surface area (Å²) in [6, 6.07) is 3.93. The van der Waals surface area contributed by atoms with E-state index in [1.807, 2.05) is 18.3 Å². The van der Waals surface area contributed by atoms with Crippen LogP contribution in [0.25, 0.3) is 0 Å². The summed E-state index contributed by atoms with van der Waals surface area (Å²) in [6.45, 7) is 4.61. The Hall–Kier alpha value is -1.33. The molecule has 2 rings (SSSR count). The van der Waals surface area contributed by atoms with E-state index in [1.54, 1.807) is 0 Å². The number of hydrogen-bond acceptors (Lipinski definition) is 4. The van der Waals surface area contributed by atoms with E-state index in [9.17, 15) is 4.79 Å². The van der Waals surface area contributed by atoms with Gasteiger partial charge in [0.15, 0.2) is 0 Å². The molecule has 1 aromatic rings. The molecule has 0 spiro atoms. The van der Waals surface area contributed by atoms with Crippen LogP contribution in [-0.2, 0) is 16.0 Å². The molecule has 1 saturated heterocycles. The van der Waals surface area contributed by atoms with E-state index in [1.165, 1.54) is 0 Å². The second kappa shape index (κ2) is 6.42. The fourth-order valence-corrected chi connectivity index (χ4v) is 1.90. The first-order chi connectivity index (χ1) is 8.34. The molecule has 0 bridgehead atoms. The second-order valence-corrected chi connectivity index (χ2v) is 4.19. The second-order valence-electron chi connectivity index (χ2n) is 4.19. The molecule has 0 saturated carbocycles. The van der Waals surface area contributed by atoms with Gasteiger partial charge in [-0.25, -0.2) is 0 Å². The van der Waals surface area contributed by atoms with Gasteiger partial charge >= 0.3 is 5.97 Å². The summed E-state index contributed by atoms with van der Waals surface area (Å²) >= 11 is 0. The minimum Gasteiger partial charge on any atom is -0.464 e. The molecule has 0 radical (unpaired) electrons. The molecule has 2 N–H and O–H groups in total. The molecule has 2 heterocycles. The van der Waals surface area contributed by atoms with Crippen molar-refractivity contribution in [2.45, 2.75) is 6.42 Å². The smallest absolute Gasteiger partial charge is 0.320 e. The van der Waals surface area contributed by atoms with E-state index < -0.39 is 0 Å². The zero-order valence-corrected chi connectivity index (χ0v) is 9.95. The molecular formula is C12H19N3O2. The first kappa shape index (κ1) is 12.1. The van der Waals surface area contributed by atoms with Gasteiger partial charge in [0.05, 0.1) is 13.2 Å². The fourth-order valence-electron chi connectivity index (χ4n) is 1.90. The van der Waals surface area contributed by atoms with Crippen molar-refractivity contribution >= 4 is 5.97 Å². The van der Waals surface area contributed by atoms with Gasteiger partial charge in [0.2, 0.25) is 0 Å². The van der Waals surface area contributed by atoms with Crippen molar-refractivity contribution < 1.29 is 9.53 Å². The van der Waals surface area contributed by atoms with Crippen molar-refractivity contribution in [2.24, 2.45) is 0 Å². The van der Waals surface area contributed by atoms with Crippen molar-refractivity contribution in [3.63, 3.8) is 0 Å². The quantitative estimate of drug-likeness (QED) is 0.708. The van der Waals surface area contributed by atoms with Gasteiger partial charge in [0, 0.05) is 44.5 Å². The number of esters is 1. The number of aromatic amines is 1. The molecule has 17 heavy (non-hydrogen) atoms. The summed E-state index contributed by atoms with van der Waals surface area (Å²) < 4.78 is 5.20. The summed E-state index contributed by atoms with van der Waals surface area (Å²) in [4.78, 5) is 16.7. The van der Waals surface area contributed by atoms with Gasteiger partial charge in [-0.3, -0.25) is 9.69 Å². The third-order valence-corrected chi connectivity index (χ3v) is 2.86. The van der Waals surface area contributed by atoms with E-state index >= 15 is 0 Å². The zero-order valence-electron chi connectivity index (χ0n) is 9.95. The van der Waals surface area contributed by atoms with Crippen LogP contribution in [0.1, 0.15) is 5.69 Å². The van der Waals surface area contributed by atoms with Gasteiger partial charge in [-0.05, 0) is 12.1 Å². The first-order valence-corrected chi connectivity index (χ1v) is 6.05. The van der Waals surface area contributed by atoms with Crippen LogP contribution in [0.5, 0.6) is 0 Å². The highest BCUT2D eigenvalue weighted by Crippen LogP contribution is 1.97. The number of ether oxygens (including phenoxy) is 1. The van der Waals surface area contributed by atoms with Crippen LogP contribution in [0.15, 0.2) is 18.3 Å². The monoisotopic (exact) mass is 237 g/mol. The van der Waals surface area contributed by atoms with Crippen LogP contribution in [0.3, 0.4) is 0 Å². The minimum atomic E-state index is -0.126. The van der Waals surface area contributed by atoms with Crippen LogP contribution in [0.4, 0.5) is 0 Å². The van der Waals surface area contributed by atoms with E-state index in [0.717, 1.165) is 38.3 Å². The SMILES string of the molecule is O=C(CN1CCNCC1)OCCc1ccc[nH]1. The number of carbonyl (C=O) groups is 1. The number of nitrogens with one attached hydrogen (secondary N) is 2. The van der Waals surface area contributed by atoms with E-state index in [0.29, 0.717) is 13.2 Å². The fraction of sp³-hybridized carbons (Fsp3) is 0.583. The Morgan fingerprint density at radius 3 is 2.94 bits per heavy atom. The Balaban J connectivity index is 1.60. The molecular weight excluding hydrogens is 218 g/mol. The van der Waals surface area contributed by atoms with Gasteiger partial charge in [0.25, 0.3) is 0 Å². The van der Waals surface area contributed by atoms with Gasteiger partial charge in [-0.2, -0.15) is 0 Å². The van der Waals surface area contributed by atoms with Crippen molar-refractivity contribution in [1.82, 2.24) is 15.2 Å². The molecule has 5 nitrogen and oxygen atoms in total. The third-order valence-electron chi connectivity index (χ3n) is 2.86. The van der Waals surface area contributed by atoms with E-state index in [-0.39, 0.29) is 5.97 Å². The van der Waals surface area contributed by atoms with Gasteiger partial charge < -0.3 is 15.0 Å². The number of carbonyl (C=O) groups excluding carboxylic acids is 1. The molecule has 1 aliphatic rings. The summed E-state index contributed by atoms with van der Waals surface area (Å²) in [6.07, 6.45) is 2.62. The molecule has 0 amide bonds. The topological polar surface area (TPSA) is 57.4 Å². The molecule has 0 aliphatic carbocycles. The number of nitrogens with zero attached hydrogens (tertiary/aromatic N) is 1. The standard InChI is InChI=1S/C12H19N3O2/c16-12(10-15-7-5-13-6-8-15)17-9-3-11-2-1-4-14-11/h1-2,4,13-14H,3,5-10H2. The predicted molar refractivity (Wildman–Crippen MR) is 64.8 cm³/mol. The third kappa shape index (κ3) is 4.20.